The highest BCUT2D eigenvalue weighted by atomic mass is 16.5. The largest absolute Gasteiger partial charge is 0.493 e. The predicted molar refractivity (Wildman–Crippen MR) is 119 cm³/mol. The fourth-order valence-corrected chi connectivity index (χ4v) is 3.95. The highest BCUT2D eigenvalue weighted by Gasteiger charge is 2.31. The van der Waals surface area contributed by atoms with Gasteiger partial charge in [-0.2, -0.15) is 0 Å². The van der Waals surface area contributed by atoms with Crippen molar-refractivity contribution in [3.05, 3.63) is 34.4 Å². The molecule has 0 saturated carbocycles. The Labute approximate surface area is 187 Å². The van der Waals surface area contributed by atoms with Crippen LogP contribution in [0.15, 0.2) is 12.1 Å². The summed E-state index contributed by atoms with van der Waals surface area (Å²) in [7, 11) is 4.55. The highest BCUT2D eigenvalue weighted by molar-refractivity contribution is 5.95. The van der Waals surface area contributed by atoms with E-state index >= 15 is 0 Å². The zero-order chi connectivity index (χ0) is 23.6. The quantitative estimate of drug-likeness (QED) is 0.535. The Balaban J connectivity index is 1.86. The van der Waals surface area contributed by atoms with Crippen LogP contribution in [0.1, 0.15) is 35.6 Å². The van der Waals surface area contributed by atoms with Crippen LogP contribution in [0.3, 0.4) is 0 Å². The van der Waals surface area contributed by atoms with E-state index in [9.17, 15) is 9.59 Å². The zero-order valence-corrected chi connectivity index (χ0v) is 19.5. The number of benzene rings is 2. The third-order valence-corrected chi connectivity index (χ3v) is 5.70. The Kier molecular flexibility index (Phi) is 6.81. The van der Waals surface area contributed by atoms with Crippen molar-refractivity contribution >= 4 is 17.6 Å². The summed E-state index contributed by atoms with van der Waals surface area (Å²) in [4.78, 5) is 24.5. The fourth-order valence-electron chi connectivity index (χ4n) is 3.95. The summed E-state index contributed by atoms with van der Waals surface area (Å²) < 4.78 is 27.6. The minimum Gasteiger partial charge on any atom is -0.493 e. The molecule has 1 heterocycles. The van der Waals surface area contributed by atoms with Crippen LogP contribution in [0.5, 0.6) is 28.7 Å². The first-order chi connectivity index (χ1) is 15.2. The molecule has 8 nitrogen and oxygen atoms in total. The Hall–Kier alpha value is -3.42. The van der Waals surface area contributed by atoms with Gasteiger partial charge in [-0.3, -0.25) is 9.59 Å². The molecule has 1 aliphatic heterocycles. The van der Waals surface area contributed by atoms with Crippen molar-refractivity contribution in [2.45, 2.75) is 46.6 Å². The number of anilines is 1. The summed E-state index contributed by atoms with van der Waals surface area (Å²) in [6.07, 6.45) is 0.453. The second-order valence-electron chi connectivity index (χ2n) is 7.65. The molecule has 172 valence electrons. The van der Waals surface area contributed by atoms with Crippen molar-refractivity contribution in [3.63, 3.8) is 0 Å². The van der Waals surface area contributed by atoms with E-state index in [4.69, 9.17) is 23.7 Å². The molecule has 0 radical (unpaired) electrons. The molecule has 0 bridgehead atoms. The third kappa shape index (κ3) is 4.30. The molecule has 1 N–H and O–H groups in total. The van der Waals surface area contributed by atoms with Gasteiger partial charge in [-0.1, -0.05) is 0 Å². The van der Waals surface area contributed by atoms with Crippen LogP contribution >= 0.6 is 0 Å². The van der Waals surface area contributed by atoms with Crippen LogP contribution in [0.25, 0.3) is 0 Å². The van der Waals surface area contributed by atoms with Crippen LogP contribution in [0.2, 0.25) is 0 Å². The smallest absolute Gasteiger partial charge is 0.308 e. The van der Waals surface area contributed by atoms with Crippen molar-refractivity contribution in [1.82, 2.24) is 0 Å². The fraction of sp³-hybridized carbons (Fsp3) is 0.417. The van der Waals surface area contributed by atoms with Crippen molar-refractivity contribution in [1.29, 1.82) is 0 Å². The first-order valence-electron chi connectivity index (χ1n) is 10.3. The summed E-state index contributed by atoms with van der Waals surface area (Å²) in [6, 6.07) is 3.34. The molecule has 1 amide bonds. The van der Waals surface area contributed by atoms with E-state index in [-0.39, 0.29) is 11.9 Å². The topological polar surface area (TPSA) is 92.3 Å². The number of methoxy groups -OCH3 is 3. The van der Waals surface area contributed by atoms with E-state index in [2.05, 4.69) is 5.32 Å². The van der Waals surface area contributed by atoms with Crippen LogP contribution in [0.4, 0.5) is 5.69 Å². The van der Waals surface area contributed by atoms with Gasteiger partial charge in [0.2, 0.25) is 5.75 Å². The monoisotopic (exact) mass is 443 g/mol. The number of ether oxygens (including phenoxy) is 5. The minimum atomic E-state index is -0.668. The van der Waals surface area contributed by atoms with Crippen LogP contribution in [-0.2, 0) is 16.0 Å². The first kappa shape index (κ1) is 23.2. The van der Waals surface area contributed by atoms with E-state index in [0.717, 1.165) is 22.3 Å². The van der Waals surface area contributed by atoms with E-state index in [1.165, 1.54) is 28.3 Å². The molecule has 8 heteroatoms. The molecule has 0 aromatic heterocycles. The molecule has 1 atom stereocenters. The molecule has 0 saturated heterocycles. The second kappa shape index (κ2) is 9.38. The van der Waals surface area contributed by atoms with Gasteiger partial charge in [0, 0.05) is 30.3 Å². The number of nitrogens with one attached hydrogen (secondary N) is 1. The summed E-state index contributed by atoms with van der Waals surface area (Å²) in [5.74, 6) is 1.93. The lowest BCUT2D eigenvalue weighted by Gasteiger charge is -2.30. The lowest BCUT2D eigenvalue weighted by atomic mass is 9.91. The number of carbonyl (C=O) groups is 2. The van der Waals surface area contributed by atoms with Gasteiger partial charge >= 0.3 is 5.97 Å². The van der Waals surface area contributed by atoms with Gasteiger partial charge < -0.3 is 29.0 Å². The van der Waals surface area contributed by atoms with Gasteiger partial charge in [0.1, 0.15) is 11.5 Å². The van der Waals surface area contributed by atoms with Crippen LogP contribution < -0.4 is 29.0 Å². The standard InChI is InChI=1S/C24H29NO7/c1-12-13(2)22-17(14(3)21(12)31-15(4)26)8-9-18(32-22)24(27)25-16-10-19(28-5)23(30-7)20(11-16)29-6/h10-11,18H,8-9H2,1-7H3,(H,25,27). The third-order valence-electron chi connectivity index (χ3n) is 5.70. The number of hydrogen-bond acceptors (Lipinski definition) is 7. The molecule has 0 spiro atoms. The average Bonchev–Trinajstić information content (AvgIpc) is 2.79. The number of hydrogen-bond donors (Lipinski definition) is 1. The molecular weight excluding hydrogens is 414 g/mol. The van der Waals surface area contributed by atoms with Crippen molar-refractivity contribution in [2.75, 3.05) is 26.6 Å². The molecule has 3 rings (SSSR count). The van der Waals surface area contributed by atoms with Crippen molar-refractivity contribution in [2.24, 2.45) is 0 Å². The van der Waals surface area contributed by atoms with Crippen LogP contribution in [0, 0.1) is 20.8 Å². The van der Waals surface area contributed by atoms with Gasteiger partial charge in [0.05, 0.1) is 21.3 Å². The highest BCUT2D eigenvalue weighted by Crippen LogP contribution is 2.42. The van der Waals surface area contributed by atoms with E-state index in [1.54, 1.807) is 12.1 Å². The molecular formula is C24H29NO7. The molecule has 1 unspecified atom stereocenters. The van der Waals surface area contributed by atoms with E-state index < -0.39 is 6.10 Å². The molecule has 1 aliphatic rings. The van der Waals surface area contributed by atoms with Crippen molar-refractivity contribution < 1.29 is 33.3 Å². The Morgan fingerprint density at radius 3 is 2.09 bits per heavy atom. The van der Waals surface area contributed by atoms with Gasteiger partial charge in [0.15, 0.2) is 17.6 Å². The van der Waals surface area contributed by atoms with Crippen molar-refractivity contribution in [3.8, 4) is 28.7 Å². The Morgan fingerprint density at radius 1 is 0.938 bits per heavy atom. The van der Waals surface area contributed by atoms with Gasteiger partial charge in [-0.15, -0.1) is 0 Å². The Bertz CT molecular complexity index is 1040. The molecule has 0 fully saturated rings. The number of fused-ring (bicyclic) bond motifs is 1. The summed E-state index contributed by atoms with van der Waals surface area (Å²) in [6.45, 7) is 7.07. The normalized spacial score (nSPS) is 14.7. The first-order valence-corrected chi connectivity index (χ1v) is 10.3. The molecule has 0 aliphatic carbocycles. The number of esters is 1. The summed E-state index contributed by atoms with van der Waals surface area (Å²) in [5.41, 5.74) is 4.01. The SMILES string of the molecule is COc1cc(NC(=O)C2CCc3c(C)c(OC(C)=O)c(C)c(C)c3O2)cc(OC)c1OC. The van der Waals surface area contributed by atoms with Crippen LogP contribution in [-0.4, -0.2) is 39.3 Å². The van der Waals surface area contributed by atoms with Gasteiger partial charge in [-0.25, -0.2) is 0 Å². The molecule has 2 aromatic carbocycles. The summed E-state index contributed by atoms with van der Waals surface area (Å²) >= 11 is 0. The number of rotatable bonds is 6. The number of carbonyl (C=O) groups excluding carboxylic acids is 2. The van der Waals surface area contributed by atoms with E-state index in [0.29, 0.717) is 47.3 Å². The maximum absolute atomic E-state index is 13.0. The predicted octanol–water partition coefficient (Wildman–Crippen LogP) is 3.90. The summed E-state index contributed by atoms with van der Waals surface area (Å²) in [5, 5.41) is 2.88. The minimum absolute atomic E-state index is 0.274. The maximum Gasteiger partial charge on any atom is 0.308 e. The zero-order valence-electron chi connectivity index (χ0n) is 19.5. The Morgan fingerprint density at radius 2 is 1.56 bits per heavy atom. The molecule has 2 aromatic rings. The number of amides is 1. The average molecular weight is 443 g/mol. The van der Waals surface area contributed by atoms with Gasteiger partial charge in [-0.05, 0) is 50.3 Å². The van der Waals surface area contributed by atoms with E-state index in [1.807, 2.05) is 20.8 Å². The maximum atomic E-state index is 13.0. The lowest BCUT2D eigenvalue weighted by Crippen LogP contribution is -2.36. The van der Waals surface area contributed by atoms with Gasteiger partial charge in [0.25, 0.3) is 5.91 Å². The molecule has 32 heavy (non-hydrogen) atoms. The lowest BCUT2D eigenvalue weighted by molar-refractivity contribution is -0.132. The second-order valence-corrected chi connectivity index (χ2v) is 7.65.